The SMILES string of the molecule is O=C(CSc1nnc(-c2ccccc2)n1-c1ccccc1)N=Nc1c(O)[nH]c2ccc(F)cc12. The average Bonchev–Trinajstić information content (AvgIpc) is 3.42. The number of para-hydroxylation sites is 1. The smallest absolute Gasteiger partial charge is 0.275 e. The van der Waals surface area contributed by atoms with Gasteiger partial charge >= 0.3 is 0 Å². The highest BCUT2D eigenvalue weighted by Crippen LogP contribution is 2.36. The minimum Gasteiger partial charge on any atom is -0.493 e. The van der Waals surface area contributed by atoms with Gasteiger partial charge in [-0.1, -0.05) is 60.3 Å². The zero-order chi connectivity index (χ0) is 23.5. The number of aromatic nitrogens is 4. The highest BCUT2D eigenvalue weighted by atomic mass is 32.2. The van der Waals surface area contributed by atoms with Gasteiger partial charge in [-0.25, -0.2) is 4.39 Å². The molecule has 8 nitrogen and oxygen atoms in total. The number of azo groups is 1. The molecule has 2 aromatic heterocycles. The molecule has 2 N–H and O–H groups in total. The minimum absolute atomic E-state index is 0.00617. The molecular weight excluding hydrogens is 455 g/mol. The molecule has 5 aromatic rings. The summed E-state index contributed by atoms with van der Waals surface area (Å²) in [6, 6.07) is 23.2. The highest BCUT2D eigenvalue weighted by Gasteiger charge is 2.17. The normalized spacial score (nSPS) is 11.4. The molecule has 3 aromatic carbocycles. The van der Waals surface area contributed by atoms with Gasteiger partial charge in [0.1, 0.15) is 5.82 Å². The highest BCUT2D eigenvalue weighted by molar-refractivity contribution is 7.99. The summed E-state index contributed by atoms with van der Waals surface area (Å²) >= 11 is 1.17. The van der Waals surface area contributed by atoms with Crippen LogP contribution in [-0.4, -0.2) is 36.5 Å². The van der Waals surface area contributed by atoms with Crippen molar-refractivity contribution in [3.05, 3.63) is 84.7 Å². The van der Waals surface area contributed by atoms with E-state index < -0.39 is 11.7 Å². The van der Waals surface area contributed by atoms with Crippen molar-refractivity contribution in [2.24, 2.45) is 10.2 Å². The van der Waals surface area contributed by atoms with Crippen molar-refractivity contribution in [1.29, 1.82) is 0 Å². The monoisotopic (exact) mass is 472 g/mol. The third kappa shape index (κ3) is 4.30. The maximum Gasteiger partial charge on any atom is 0.275 e. The molecule has 0 aliphatic rings. The van der Waals surface area contributed by atoms with E-state index in [4.69, 9.17) is 0 Å². The maximum atomic E-state index is 13.6. The fourth-order valence-corrected chi connectivity index (χ4v) is 4.18. The number of rotatable bonds is 6. The molecule has 5 rings (SSSR count). The molecular formula is C24H17FN6O2S. The second-order valence-electron chi connectivity index (χ2n) is 7.24. The van der Waals surface area contributed by atoms with E-state index in [-0.39, 0.29) is 17.3 Å². The van der Waals surface area contributed by atoms with Crippen molar-refractivity contribution < 1.29 is 14.3 Å². The quantitative estimate of drug-likeness (QED) is 0.245. The van der Waals surface area contributed by atoms with Crippen molar-refractivity contribution in [3.8, 4) is 23.0 Å². The van der Waals surface area contributed by atoms with Gasteiger partial charge < -0.3 is 10.1 Å². The first-order valence-electron chi connectivity index (χ1n) is 10.2. The van der Waals surface area contributed by atoms with Gasteiger partial charge in [0.2, 0.25) is 5.88 Å². The summed E-state index contributed by atoms with van der Waals surface area (Å²) in [6.07, 6.45) is 0. The average molecular weight is 473 g/mol. The van der Waals surface area contributed by atoms with Crippen LogP contribution in [0.5, 0.6) is 5.88 Å². The lowest BCUT2D eigenvalue weighted by Gasteiger charge is -2.09. The second-order valence-corrected chi connectivity index (χ2v) is 8.18. The fourth-order valence-electron chi connectivity index (χ4n) is 3.45. The summed E-state index contributed by atoms with van der Waals surface area (Å²) in [5.74, 6) is -0.727. The zero-order valence-electron chi connectivity index (χ0n) is 17.6. The molecule has 1 amide bonds. The largest absolute Gasteiger partial charge is 0.493 e. The Bertz CT molecular complexity index is 1500. The van der Waals surface area contributed by atoms with Crippen LogP contribution in [0, 0.1) is 5.82 Å². The summed E-state index contributed by atoms with van der Waals surface area (Å²) in [6.45, 7) is 0. The number of amides is 1. The molecule has 0 radical (unpaired) electrons. The van der Waals surface area contributed by atoms with Crippen molar-refractivity contribution >= 4 is 34.3 Å². The van der Waals surface area contributed by atoms with Gasteiger partial charge in [0, 0.05) is 16.6 Å². The van der Waals surface area contributed by atoms with E-state index in [2.05, 4.69) is 25.4 Å². The number of nitrogens with zero attached hydrogens (tertiary/aromatic N) is 5. The summed E-state index contributed by atoms with van der Waals surface area (Å²) in [7, 11) is 0. The van der Waals surface area contributed by atoms with Crippen molar-refractivity contribution in [1.82, 2.24) is 19.7 Å². The van der Waals surface area contributed by atoms with Gasteiger partial charge in [-0.15, -0.1) is 20.4 Å². The number of hydrogen-bond donors (Lipinski definition) is 2. The fraction of sp³-hybridized carbons (Fsp3) is 0.0417. The van der Waals surface area contributed by atoms with E-state index in [0.29, 0.717) is 21.9 Å². The lowest BCUT2D eigenvalue weighted by Crippen LogP contribution is -2.02. The number of aromatic hydroxyl groups is 1. The lowest BCUT2D eigenvalue weighted by molar-refractivity contribution is -0.115. The molecule has 2 heterocycles. The van der Waals surface area contributed by atoms with Gasteiger partial charge in [0.05, 0.1) is 11.3 Å². The van der Waals surface area contributed by atoms with Crippen LogP contribution < -0.4 is 0 Å². The first-order chi connectivity index (χ1) is 16.6. The van der Waals surface area contributed by atoms with Gasteiger partial charge in [0.15, 0.2) is 16.7 Å². The predicted octanol–water partition coefficient (Wildman–Crippen LogP) is 5.66. The first-order valence-corrected chi connectivity index (χ1v) is 11.2. The topological polar surface area (TPSA) is 109 Å². The van der Waals surface area contributed by atoms with Crippen LogP contribution in [0.3, 0.4) is 0 Å². The van der Waals surface area contributed by atoms with Crippen LogP contribution in [0.2, 0.25) is 0 Å². The number of H-pyrrole nitrogens is 1. The number of hydrogen-bond acceptors (Lipinski definition) is 6. The molecule has 0 fully saturated rings. The zero-order valence-corrected chi connectivity index (χ0v) is 18.4. The van der Waals surface area contributed by atoms with E-state index in [1.807, 2.05) is 65.2 Å². The van der Waals surface area contributed by atoms with Gasteiger partial charge in [-0.3, -0.25) is 9.36 Å². The number of carbonyl (C=O) groups is 1. The van der Waals surface area contributed by atoms with Crippen molar-refractivity contribution in [2.75, 3.05) is 5.75 Å². The Kier molecular flexibility index (Phi) is 5.88. The van der Waals surface area contributed by atoms with Crippen LogP contribution in [0.1, 0.15) is 0 Å². The third-order valence-corrected chi connectivity index (χ3v) is 5.89. The van der Waals surface area contributed by atoms with Gasteiger partial charge in [-0.05, 0) is 30.3 Å². The number of aromatic amines is 1. The summed E-state index contributed by atoms with van der Waals surface area (Å²) < 4.78 is 15.5. The number of benzene rings is 3. The molecule has 0 saturated heterocycles. The third-order valence-electron chi connectivity index (χ3n) is 4.98. The molecule has 0 atom stereocenters. The Morgan fingerprint density at radius 2 is 1.76 bits per heavy atom. The van der Waals surface area contributed by atoms with Crippen molar-refractivity contribution in [2.45, 2.75) is 5.16 Å². The van der Waals surface area contributed by atoms with Crippen molar-refractivity contribution in [3.63, 3.8) is 0 Å². The number of nitrogens with one attached hydrogen (secondary N) is 1. The summed E-state index contributed by atoms with van der Waals surface area (Å²) in [4.78, 5) is 15.1. The van der Waals surface area contributed by atoms with Crippen LogP contribution in [-0.2, 0) is 4.79 Å². The minimum atomic E-state index is -0.543. The molecule has 0 spiro atoms. The Morgan fingerprint density at radius 1 is 1.03 bits per heavy atom. The molecule has 0 aliphatic carbocycles. The van der Waals surface area contributed by atoms with E-state index in [1.165, 1.54) is 30.0 Å². The van der Waals surface area contributed by atoms with Crippen LogP contribution >= 0.6 is 11.8 Å². The van der Waals surface area contributed by atoms with Crippen LogP contribution in [0.4, 0.5) is 10.1 Å². The number of thioether (sulfide) groups is 1. The predicted molar refractivity (Wildman–Crippen MR) is 127 cm³/mol. The number of fused-ring (bicyclic) bond motifs is 1. The molecule has 0 aliphatic heterocycles. The molecule has 0 saturated carbocycles. The molecule has 0 unspecified atom stereocenters. The van der Waals surface area contributed by atoms with E-state index in [0.717, 1.165) is 11.3 Å². The standard InChI is InChI=1S/C24H17FN6O2S/c25-16-11-12-19-18(13-16)21(23(33)26-19)28-27-20(32)14-34-24-30-29-22(15-7-3-1-4-8-15)31(24)17-9-5-2-6-10-17/h1-13,26,33H,14H2. The van der Waals surface area contributed by atoms with E-state index >= 15 is 0 Å². The summed E-state index contributed by atoms with van der Waals surface area (Å²) in [5.41, 5.74) is 2.23. The molecule has 10 heteroatoms. The lowest BCUT2D eigenvalue weighted by atomic mass is 10.2. The van der Waals surface area contributed by atoms with E-state index in [9.17, 15) is 14.3 Å². The first kappa shape index (κ1) is 21.5. The Morgan fingerprint density at radius 3 is 2.53 bits per heavy atom. The molecule has 0 bridgehead atoms. The van der Waals surface area contributed by atoms with Crippen LogP contribution in [0.15, 0.2) is 94.2 Å². The van der Waals surface area contributed by atoms with Gasteiger partial charge in [-0.2, -0.15) is 0 Å². The Balaban J connectivity index is 1.39. The van der Waals surface area contributed by atoms with Crippen LogP contribution in [0.25, 0.3) is 28.0 Å². The summed E-state index contributed by atoms with van der Waals surface area (Å²) in [5, 5.41) is 27.1. The molecule has 168 valence electrons. The van der Waals surface area contributed by atoms with E-state index in [1.54, 1.807) is 0 Å². The maximum absolute atomic E-state index is 13.6. The number of carbonyl (C=O) groups excluding carboxylic acids is 1. The number of halogens is 1. The second kappa shape index (κ2) is 9.28. The Labute approximate surface area is 197 Å². The molecule has 34 heavy (non-hydrogen) atoms. The Hall–Kier alpha value is -4.31. The van der Waals surface area contributed by atoms with Gasteiger partial charge in [0.25, 0.3) is 5.91 Å².